The van der Waals surface area contributed by atoms with Gasteiger partial charge in [0.2, 0.25) is 0 Å². The smallest absolute Gasteiger partial charge is 0.140 e. The van der Waals surface area contributed by atoms with Gasteiger partial charge in [0.1, 0.15) is 5.82 Å². The quantitative estimate of drug-likeness (QED) is 0.817. The Morgan fingerprint density at radius 1 is 0.955 bits per heavy atom. The second-order valence-electron chi connectivity index (χ2n) is 6.65. The zero-order valence-electron chi connectivity index (χ0n) is 14.0. The third kappa shape index (κ3) is 3.09. The van der Waals surface area contributed by atoms with E-state index in [1.807, 2.05) is 6.20 Å². The topological polar surface area (TPSA) is 21.1 Å². The first-order chi connectivity index (χ1) is 10.7. The number of aromatic nitrogens is 2. The van der Waals surface area contributed by atoms with Gasteiger partial charge in [0.05, 0.1) is 0 Å². The highest BCUT2D eigenvalue weighted by Crippen LogP contribution is 2.27. The molecule has 118 valence electrons. The van der Waals surface area contributed by atoms with Crippen molar-refractivity contribution in [3.63, 3.8) is 0 Å². The van der Waals surface area contributed by atoms with Gasteiger partial charge >= 0.3 is 0 Å². The number of rotatable bonds is 4. The first kappa shape index (κ1) is 15.3. The zero-order chi connectivity index (χ0) is 15.5. The number of hydrogen-bond acceptors (Lipinski definition) is 2. The van der Waals surface area contributed by atoms with Crippen molar-refractivity contribution < 1.29 is 0 Å². The molecule has 22 heavy (non-hydrogen) atoms. The predicted molar refractivity (Wildman–Crippen MR) is 91.9 cm³/mol. The molecule has 3 nitrogen and oxygen atoms in total. The van der Waals surface area contributed by atoms with Gasteiger partial charge in [-0.3, -0.25) is 4.90 Å². The fourth-order valence-corrected chi connectivity index (χ4v) is 3.38. The lowest BCUT2D eigenvalue weighted by atomic mass is 10.0. The maximum absolute atomic E-state index is 4.52. The monoisotopic (exact) mass is 297 g/mol. The van der Waals surface area contributed by atoms with Crippen molar-refractivity contribution in [2.24, 2.45) is 0 Å². The molecule has 0 amide bonds. The lowest BCUT2D eigenvalue weighted by Gasteiger charge is -2.32. The number of benzene rings is 1. The van der Waals surface area contributed by atoms with Gasteiger partial charge in [-0.2, -0.15) is 0 Å². The van der Waals surface area contributed by atoms with Crippen LogP contribution >= 0.6 is 0 Å². The van der Waals surface area contributed by atoms with Gasteiger partial charge in [-0.25, -0.2) is 4.98 Å². The van der Waals surface area contributed by atoms with Crippen molar-refractivity contribution in [2.75, 3.05) is 13.1 Å². The highest BCUT2D eigenvalue weighted by molar-refractivity contribution is 5.56. The van der Waals surface area contributed by atoms with Gasteiger partial charge in [-0.1, -0.05) is 30.7 Å². The molecule has 1 aliphatic heterocycles. The Morgan fingerprint density at radius 3 is 2.27 bits per heavy atom. The van der Waals surface area contributed by atoms with Crippen LogP contribution in [-0.2, 0) is 0 Å². The summed E-state index contributed by atoms with van der Waals surface area (Å²) in [7, 11) is 0. The van der Waals surface area contributed by atoms with Crippen LogP contribution in [0.1, 0.15) is 57.7 Å². The molecule has 3 heteroatoms. The lowest BCUT2D eigenvalue weighted by molar-refractivity contribution is 0.175. The molecule has 3 rings (SSSR count). The Hall–Kier alpha value is -1.61. The molecule has 2 heterocycles. The highest BCUT2D eigenvalue weighted by Gasteiger charge is 2.18. The van der Waals surface area contributed by atoms with Crippen molar-refractivity contribution in [3.05, 3.63) is 42.2 Å². The SMILES string of the molecule is CC(c1ccc(-c2nccn2C(C)C)cc1)N1CCCCC1. The molecular weight excluding hydrogens is 270 g/mol. The average molecular weight is 297 g/mol. The maximum Gasteiger partial charge on any atom is 0.140 e. The van der Waals surface area contributed by atoms with Crippen LogP contribution in [0.15, 0.2) is 36.7 Å². The van der Waals surface area contributed by atoms with E-state index in [1.54, 1.807) is 0 Å². The molecule has 0 spiro atoms. The molecule has 0 bridgehead atoms. The van der Waals surface area contributed by atoms with E-state index in [0.717, 1.165) is 5.82 Å². The minimum absolute atomic E-state index is 0.435. The van der Waals surface area contributed by atoms with Crippen molar-refractivity contribution >= 4 is 0 Å². The van der Waals surface area contributed by atoms with Crippen LogP contribution in [0.2, 0.25) is 0 Å². The van der Waals surface area contributed by atoms with Crippen molar-refractivity contribution in [1.29, 1.82) is 0 Å². The molecule has 0 radical (unpaired) electrons. The van der Waals surface area contributed by atoms with E-state index >= 15 is 0 Å². The predicted octanol–water partition coefficient (Wildman–Crippen LogP) is 4.68. The minimum Gasteiger partial charge on any atom is -0.328 e. The van der Waals surface area contributed by atoms with E-state index in [0.29, 0.717) is 12.1 Å². The van der Waals surface area contributed by atoms with Crippen molar-refractivity contribution in [1.82, 2.24) is 14.5 Å². The standard InChI is InChI=1S/C19H27N3/c1-15(2)22-14-11-20-19(22)18-9-7-17(8-10-18)16(3)21-12-5-4-6-13-21/h7-11,14-16H,4-6,12-13H2,1-3H3. The summed E-state index contributed by atoms with van der Waals surface area (Å²) in [5, 5.41) is 0. The molecule has 1 aromatic carbocycles. The summed E-state index contributed by atoms with van der Waals surface area (Å²) in [6.07, 6.45) is 8.02. The summed E-state index contributed by atoms with van der Waals surface area (Å²) in [4.78, 5) is 7.13. The molecule has 0 aliphatic carbocycles. The van der Waals surface area contributed by atoms with Crippen LogP contribution in [0.4, 0.5) is 0 Å². The summed E-state index contributed by atoms with van der Waals surface area (Å²) < 4.78 is 2.23. The molecule has 0 saturated carbocycles. The fourth-order valence-electron chi connectivity index (χ4n) is 3.38. The molecule has 2 aromatic rings. The molecule has 1 atom stereocenters. The van der Waals surface area contributed by atoms with Crippen LogP contribution in [0, 0.1) is 0 Å². The van der Waals surface area contributed by atoms with E-state index in [9.17, 15) is 0 Å². The average Bonchev–Trinajstić information content (AvgIpc) is 3.05. The lowest BCUT2D eigenvalue weighted by Crippen LogP contribution is -2.32. The second kappa shape index (κ2) is 6.66. The molecule has 1 aliphatic rings. The zero-order valence-corrected chi connectivity index (χ0v) is 14.0. The minimum atomic E-state index is 0.435. The Morgan fingerprint density at radius 2 is 1.64 bits per heavy atom. The number of hydrogen-bond donors (Lipinski definition) is 0. The summed E-state index contributed by atoms with van der Waals surface area (Å²) in [5.41, 5.74) is 2.61. The summed E-state index contributed by atoms with van der Waals surface area (Å²) in [6.45, 7) is 9.19. The fraction of sp³-hybridized carbons (Fsp3) is 0.526. The third-order valence-electron chi connectivity index (χ3n) is 4.81. The first-order valence-electron chi connectivity index (χ1n) is 8.54. The van der Waals surface area contributed by atoms with Gasteiger partial charge in [-0.05, 0) is 52.3 Å². The van der Waals surface area contributed by atoms with E-state index in [1.165, 1.54) is 43.5 Å². The van der Waals surface area contributed by atoms with Gasteiger partial charge < -0.3 is 4.57 Å². The molecule has 1 aromatic heterocycles. The maximum atomic E-state index is 4.52. The largest absolute Gasteiger partial charge is 0.328 e. The number of likely N-dealkylation sites (tertiary alicyclic amines) is 1. The van der Waals surface area contributed by atoms with Crippen molar-refractivity contribution in [3.8, 4) is 11.4 Å². The summed E-state index contributed by atoms with van der Waals surface area (Å²) >= 11 is 0. The van der Waals surface area contributed by atoms with Crippen LogP contribution < -0.4 is 0 Å². The van der Waals surface area contributed by atoms with Gasteiger partial charge in [0, 0.05) is 30.0 Å². The van der Waals surface area contributed by atoms with Gasteiger partial charge in [0.15, 0.2) is 0 Å². The van der Waals surface area contributed by atoms with E-state index < -0.39 is 0 Å². The van der Waals surface area contributed by atoms with Gasteiger partial charge in [0.25, 0.3) is 0 Å². The number of piperidine rings is 1. The van der Waals surface area contributed by atoms with Crippen molar-refractivity contribution in [2.45, 2.75) is 52.1 Å². The molecule has 1 fully saturated rings. The second-order valence-corrected chi connectivity index (χ2v) is 6.65. The number of imidazole rings is 1. The van der Waals surface area contributed by atoms with E-state index in [-0.39, 0.29) is 0 Å². The Balaban J connectivity index is 1.78. The molecule has 1 saturated heterocycles. The Kier molecular flexibility index (Phi) is 4.63. The molecule has 1 unspecified atom stereocenters. The molecule has 0 N–H and O–H groups in total. The third-order valence-corrected chi connectivity index (χ3v) is 4.81. The van der Waals surface area contributed by atoms with Crippen LogP contribution in [0.5, 0.6) is 0 Å². The summed E-state index contributed by atoms with van der Waals surface area (Å²) in [5.74, 6) is 1.06. The highest BCUT2D eigenvalue weighted by atomic mass is 15.2. The number of nitrogens with zero attached hydrogens (tertiary/aromatic N) is 3. The van der Waals surface area contributed by atoms with E-state index in [2.05, 4.69) is 65.7 Å². The first-order valence-corrected chi connectivity index (χ1v) is 8.54. The Labute approximate surface area is 134 Å². The molecular formula is C19H27N3. The van der Waals surface area contributed by atoms with Crippen LogP contribution in [-0.4, -0.2) is 27.5 Å². The van der Waals surface area contributed by atoms with E-state index in [4.69, 9.17) is 0 Å². The van der Waals surface area contributed by atoms with Crippen LogP contribution in [0.3, 0.4) is 0 Å². The Bertz CT molecular complexity index is 591. The normalized spacial score (nSPS) is 17.8. The van der Waals surface area contributed by atoms with Crippen LogP contribution in [0.25, 0.3) is 11.4 Å². The summed E-state index contributed by atoms with van der Waals surface area (Å²) in [6, 6.07) is 9.93. The van der Waals surface area contributed by atoms with Gasteiger partial charge in [-0.15, -0.1) is 0 Å².